The average molecular weight is 204 g/mol. The molecule has 1 aliphatic rings. The molecule has 0 atom stereocenters. The molecule has 1 aliphatic heterocycles. The van der Waals surface area contributed by atoms with E-state index in [0.29, 0.717) is 16.8 Å². The van der Waals surface area contributed by atoms with Crippen LogP contribution in [0.2, 0.25) is 10.2 Å². The van der Waals surface area contributed by atoms with E-state index in [9.17, 15) is 0 Å². The Morgan fingerprint density at radius 2 is 2.25 bits per heavy atom. The summed E-state index contributed by atoms with van der Waals surface area (Å²) >= 11 is 11.7. The molecule has 64 valence electrons. The fourth-order valence-corrected chi connectivity index (χ4v) is 1.86. The number of halogens is 2. The van der Waals surface area contributed by atoms with Crippen LogP contribution in [0.3, 0.4) is 0 Å². The summed E-state index contributed by atoms with van der Waals surface area (Å²) in [5, 5.41) is 1.14. The maximum absolute atomic E-state index is 5.97. The van der Waals surface area contributed by atoms with Gasteiger partial charge in [-0.1, -0.05) is 23.2 Å². The smallest absolute Gasteiger partial charge is 0.130 e. The molecule has 0 amide bonds. The van der Waals surface area contributed by atoms with Gasteiger partial charge < -0.3 is 4.74 Å². The molecule has 2 rings (SSSR count). The van der Waals surface area contributed by atoms with Crippen molar-refractivity contribution in [2.45, 2.75) is 13.0 Å². The number of hydrogen-bond acceptors (Lipinski definition) is 2. The zero-order valence-electron chi connectivity index (χ0n) is 6.31. The van der Waals surface area contributed by atoms with E-state index < -0.39 is 0 Å². The van der Waals surface area contributed by atoms with E-state index in [2.05, 4.69) is 4.98 Å². The van der Waals surface area contributed by atoms with E-state index in [-0.39, 0.29) is 0 Å². The van der Waals surface area contributed by atoms with Crippen LogP contribution in [0.5, 0.6) is 0 Å². The SMILES string of the molecule is Clc1cc(Cl)c2c(n1)COCC2. The molecule has 2 heterocycles. The Kier molecular flexibility index (Phi) is 2.22. The lowest BCUT2D eigenvalue weighted by Crippen LogP contribution is -2.12. The molecule has 0 N–H and O–H groups in total. The lowest BCUT2D eigenvalue weighted by atomic mass is 10.1. The predicted octanol–water partition coefficient (Wildman–Crippen LogP) is 2.46. The van der Waals surface area contributed by atoms with Gasteiger partial charge in [0.25, 0.3) is 0 Å². The summed E-state index contributed by atoms with van der Waals surface area (Å²) in [4.78, 5) is 4.13. The van der Waals surface area contributed by atoms with Gasteiger partial charge in [0.2, 0.25) is 0 Å². The molecule has 0 bridgehead atoms. The summed E-state index contributed by atoms with van der Waals surface area (Å²) in [6.45, 7) is 1.24. The quantitative estimate of drug-likeness (QED) is 0.605. The number of ether oxygens (including phenoxy) is 1. The fraction of sp³-hybridized carbons (Fsp3) is 0.375. The number of fused-ring (bicyclic) bond motifs is 1. The molecule has 0 unspecified atom stereocenters. The van der Waals surface area contributed by atoms with Crippen LogP contribution >= 0.6 is 23.2 Å². The van der Waals surface area contributed by atoms with Gasteiger partial charge in [0, 0.05) is 5.02 Å². The normalized spacial score (nSPS) is 15.8. The molecule has 0 spiro atoms. The Hall–Kier alpha value is -0.310. The Morgan fingerprint density at radius 1 is 1.42 bits per heavy atom. The van der Waals surface area contributed by atoms with Crippen molar-refractivity contribution < 1.29 is 4.74 Å². The van der Waals surface area contributed by atoms with Crippen molar-refractivity contribution >= 4 is 23.2 Å². The minimum atomic E-state index is 0.434. The van der Waals surface area contributed by atoms with Gasteiger partial charge in [-0.05, 0) is 18.1 Å². The van der Waals surface area contributed by atoms with Crippen LogP contribution in [0.1, 0.15) is 11.3 Å². The Balaban J connectivity index is 2.53. The van der Waals surface area contributed by atoms with E-state index in [4.69, 9.17) is 27.9 Å². The standard InChI is InChI=1S/C8H7Cl2NO/c9-6-3-8(10)11-7-4-12-2-1-5(6)7/h3H,1-2,4H2. The van der Waals surface area contributed by atoms with Gasteiger partial charge in [0.15, 0.2) is 0 Å². The molecular formula is C8H7Cl2NO. The van der Waals surface area contributed by atoms with Crippen molar-refractivity contribution in [3.05, 3.63) is 27.5 Å². The van der Waals surface area contributed by atoms with Crippen molar-refractivity contribution in [1.82, 2.24) is 4.98 Å². The van der Waals surface area contributed by atoms with Crippen LogP contribution in [0, 0.1) is 0 Å². The highest BCUT2D eigenvalue weighted by atomic mass is 35.5. The van der Waals surface area contributed by atoms with Gasteiger partial charge in [0.1, 0.15) is 5.15 Å². The predicted molar refractivity (Wildman–Crippen MR) is 47.6 cm³/mol. The second-order valence-corrected chi connectivity index (χ2v) is 3.45. The fourth-order valence-electron chi connectivity index (χ4n) is 1.28. The van der Waals surface area contributed by atoms with Crippen molar-refractivity contribution in [3.8, 4) is 0 Å². The molecule has 0 fully saturated rings. The number of hydrogen-bond donors (Lipinski definition) is 0. The third-order valence-electron chi connectivity index (χ3n) is 1.86. The molecule has 4 heteroatoms. The monoisotopic (exact) mass is 203 g/mol. The Labute approximate surface area is 80.5 Å². The van der Waals surface area contributed by atoms with Crippen molar-refractivity contribution in [1.29, 1.82) is 0 Å². The topological polar surface area (TPSA) is 22.1 Å². The molecule has 12 heavy (non-hydrogen) atoms. The van der Waals surface area contributed by atoms with E-state index >= 15 is 0 Å². The van der Waals surface area contributed by atoms with Gasteiger partial charge in [-0.25, -0.2) is 4.98 Å². The van der Waals surface area contributed by atoms with E-state index in [0.717, 1.165) is 24.3 Å². The summed E-state index contributed by atoms with van der Waals surface area (Å²) in [5.74, 6) is 0. The first kappa shape index (κ1) is 8.30. The zero-order valence-corrected chi connectivity index (χ0v) is 7.82. The highest BCUT2D eigenvalue weighted by molar-refractivity contribution is 6.34. The van der Waals surface area contributed by atoms with Crippen LogP contribution in [0.15, 0.2) is 6.07 Å². The largest absolute Gasteiger partial charge is 0.375 e. The molecule has 0 radical (unpaired) electrons. The summed E-state index contributed by atoms with van der Waals surface area (Å²) < 4.78 is 5.23. The molecular weight excluding hydrogens is 197 g/mol. The molecule has 1 aromatic heterocycles. The maximum atomic E-state index is 5.97. The minimum absolute atomic E-state index is 0.434. The summed E-state index contributed by atoms with van der Waals surface area (Å²) in [7, 11) is 0. The molecule has 2 nitrogen and oxygen atoms in total. The summed E-state index contributed by atoms with van der Waals surface area (Å²) in [6.07, 6.45) is 0.832. The van der Waals surface area contributed by atoms with Gasteiger partial charge >= 0.3 is 0 Å². The minimum Gasteiger partial charge on any atom is -0.375 e. The van der Waals surface area contributed by atoms with Gasteiger partial charge in [-0.15, -0.1) is 0 Å². The van der Waals surface area contributed by atoms with Gasteiger partial charge in [0.05, 0.1) is 18.9 Å². The molecule has 0 saturated heterocycles. The average Bonchev–Trinajstić information content (AvgIpc) is 2.04. The van der Waals surface area contributed by atoms with Crippen molar-refractivity contribution in [2.75, 3.05) is 6.61 Å². The van der Waals surface area contributed by atoms with Gasteiger partial charge in [-0.2, -0.15) is 0 Å². The number of rotatable bonds is 0. The van der Waals surface area contributed by atoms with Crippen molar-refractivity contribution in [2.24, 2.45) is 0 Å². The number of aromatic nitrogens is 1. The number of pyridine rings is 1. The van der Waals surface area contributed by atoms with Crippen LogP contribution in [-0.2, 0) is 17.8 Å². The molecule has 0 saturated carbocycles. The molecule has 0 aromatic carbocycles. The highest BCUT2D eigenvalue weighted by Crippen LogP contribution is 2.25. The van der Waals surface area contributed by atoms with E-state index in [1.54, 1.807) is 6.07 Å². The first-order valence-corrected chi connectivity index (χ1v) is 4.44. The van der Waals surface area contributed by atoms with E-state index in [1.165, 1.54) is 0 Å². The second kappa shape index (κ2) is 3.21. The van der Waals surface area contributed by atoms with Crippen LogP contribution in [0.4, 0.5) is 0 Å². The summed E-state index contributed by atoms with van der Waals surface area (Å²) in [6, 6.07) is 1.67. The molecule has 0 aliphatic carbocycles. The van der Waals surface area contributed by atoms with Gasteiger partial charge in [-0.3, -0.25) is 0 Å². The van der Waals surface area contributed by atoms with Crippen molar-refractivity contribution in [3.63, 3.8) is 0 Å². The van der Waals surface area contributed by atoms with E-state index in [1.807, 2.05) is 0 Å². The lowest BCUT2D eigenvalue weighted by molar-refractivity contribution is 0.107. The van der Waals surface area contributed by atoms with Crippen LogP contribution in [-0.4, -0.2) is 11.6 Å². The number of nitrogens with zero attached hydrogens (tertiary/aromatic N) is 1. The second-order valence-electron chi connectivity index (χ2n) is 2.65. The van der Waals surface area contributed by atoms with Crippen LogP contribution in [0.25, 0.3) is 0 Å². The molecule has 1 aromatic rings. The first-order valence-electron chi connectivity index (χ1n) is 3.69. The zero-order chi connectivity index (χ0) is 8.55. The highest BCUT2D eigenvalue weighted by Gasteiger charge is 2.14. The Bertz CT molecular complexity index is 314. The first-order chi connectivity index (χ1) is 5.77. The maximum Gasteiger partial charge on any atom is 0.130 e. The third kappa shape index (κ3) is 1.42. The Morgan fingerprint density at radius 3 is 3.08 bits per heavy atom. The third-order valence-corrected chi connectivity index (χ3v) is 2.39. The summed E-state index contributed by atoms with van der Waals surface area (Å²) in [5.41, 5.74) is 1.95. The lowest BCUT2D eigenvalue weighted by Gasteiger charge is -2.16. The van der Waals surface area contributed by atoms with Crippen LogP contribution < -0.4 is 0 Å².